The number of anilines is 1. The van der Waals surface area contributed by atoms with E-state index in [0.29, 0.717) is 0 Å². The zero-order valence-corrected chi connectivity index (χ0v) is 12.9. The molecule has 0 heterocycles. The molecule has 2 rings (SSSR count). The highest BCUT2D eigenvalue weighted by molar-refractivity contribution is 6.39. The van der Waals surface area contributed by atoms with Gasteiger partial charge in [-0.2, -0.15) is 0 Å². The van der Waals surface area contributed by atoms with Gasteiger partial charge in [-0.25, -0.2) is 13.6 Å². The molecule has 0 radical (unpaired) electrons. The van der Waals surface area contributed by atoms with Crippen molar-refractivity contribution in [2.75, 3.05) is 11.9 Å². The van der Waals surface area contributed by atoms with Crippen molar-refractivity contribution in [2.24, 2.45) is 0 Å². The molecule has 0 atom stereocenters. The third-order valence-corrected chi connectivity index (χ3v) is 3.36. The Morgan fingerprint density at radius 3 is 2.09 bits per heavy atom. The van der Waals surface area contributed by atoms with E-state index in [0.717, 1.165) is 18.2 Å². The van der Waals surface area contributed by atoms with Crippen LogP contribution in [-0.2, 0) is 9.53 Å². The van der Waals surface area contributed by atoms with Crippen LogP contribution in [-0.4, -0.2) is 18.5 Å². The largest absolute Gasteiger partial charge is 0.452 e. The van der Waals surface area contributed by atoms with E-state index in [4.69, 9.17) is 27.9 Å². The smallest absolute Gasteiger partial charge is 0.341 e. The van der Waals surface area contributed by atoms with Crippen LogP contribution in [0, 0.1) is 11.6 Å². The summed E-state index contributed by atoms with van der Waals surface area (Å²) in [5, 5.41) is 2.10. The molecule has 2 aromatic carbocycles. The highest BCUT2D eigenvalue weighted by Crippen LogP contribution is 2.25. The third-order valence-electron chi connectivity index (χ3n) is 2.73. The van der Waals surface area contributed by atoms with Crippen LogP contribution in [0.4, 0.5) is 14.5 Å². The zero-order chi connectivity index (χ0) is 17.0. The van der Waals surface area contributed by atoms with Gasteiger partial charge in [0.15, 0.2) is 6.61 Å². The predicted molar refractivity (Wildman–Crippen MR) is 81.7 cm³/mol. The van der Waals surface area contributed by atoms with E-state index in [1.165, 1.54) is 18.2 Å². The number of para-hydroxylation sites is 1. The lowest BCUT2D eigenvalue weighted by molar-refractivity contribution is -0.119. The van der Waals surface area contributed by atoms with Crippen molar-refractivity contribution in [3.63, 3.8) is 0 Å². The number of carbonyl (C=O) groups is 2. The number of hydrogen-bond donors (Lipinski definition) is 1. The first-order chi connectivity index (χ1) is 10.9. The molecule has 0 spiro atoms. The average Bonchev–Trinajstić information content (AvgIpc) is 2.49. The summed E-state index contributed by atoms with van der Waals surface area (Å²) in [6.07, 6.45) is 0. The van der Waals surface area contributed by atoms with E-state index in [1.54, 1.807) is 0 Å². The number of carbonyl (C=O) groups excluding carboxylic acids is 2. The maximum atomic E-state index is 13.4. The number of nitrogens with one attached hydrogen (secondary N) is 1. The van der Waals surface area contributed by atoms with Crippen LogP contribution in [0.15, 0.2) is 36.4 Å². The molecule has 0 aromatic heterocycles. The number of ether oxygens (including phenoxy) is 1. The molecule has 23 heavy (non-hydrogen) atoms. The number of amides is 1. The van der Waals surface area contributed by atoms with Gasteiger partial charge in [0, 0.05) is 0 Å². The van der Waals surface area contributed by atoms with Crippen LogP contribution >= 0.6 is 23.2 Å². The Balaban J connectivity index is 2.01. The van der Waals surface area contributed by atoms with Gasteiger partial charge in [0.1, 0.15) is 17.3 Å². The van der Waals surface area contributed by atoms with Crippen molar-refractivity contribution in [2.45, 2.75) is 0 Å². The topological polar surface area (TPSA) is 55.4 Å². The third kappa shape index (κ3) is 4.18. The summed E-state index contributed by atoms with van der Waals surface area (Å²) in [5.74, 6) is -3.73. The number of hydrogen-bond acceptors (Lipinski definition) is 3. The van der Waals surface area contributed by atoms with Gasteiger partial charge in [0.2, 0.25) is 0 Å². The van der Waals surface area contributed by atoms with Gasteiger partial charge in [-0.05, 0) is 24.3 Å². The van der Waals surface area contributed by atoms with E-state index in [-0.39, 0.29) is 15.6 Å². The molecule has 120 valence electrons. The summed E-state index contributed by atoms with van der Waals surface area (Å²) in [7, 11) is 0. The van der Waals surface area contributed by atoms with Crippen molar-refractivity contribution in [1.82, 2.24) is 0 Å². The maximum Gasteiger partial charge on any atom is 0.341 e. The molecule has 0 bridgehead atoms. The molecule has 0 saturated heterocycles. The molecule has 0 aliphatic heterocycles. The van der Waals surface area contributed by atoms with Gasteiger partial charge in [0.25, 0.3) is 5.91 Å². The quantitative estimate of drug-likeness (QED) is 0.837. The molecule has 4 nitrogen and oxygen atoms in total. The summed E-state index contributed by atoms with van der Waals surface area (Å²) in [5.41, 5.74) is -0.718. The molecule has 0 saturated carbocycles. The van der Waals surface area contributed by atoms with Crippen molar-refractivity contribution in [1.29, 1.82) is 0 Å². The highest BCUT2D eigenvalue weighted by atomic mass is 35.5. The van der Waals surface area contributed by atoms with E-state index in [9.17, 15) is 18.4 Å². The molecule has 1 amide bonds. The van der Waals surface area contributed by atoms with Crippen molar-refractivity contribution < 1.29 is 23.1 Å². The average molecular weight is 360 g/mol. The fourth-order valence-electron chi connectivity index (χ4n) is 1.69. The molecule has 8 heteroatoms. The minimum absolute atomic E-state index is 0.0584. The van der Waals surface area contributed by atoms with Crippen LogP contribution in [0.1, 0.15) is 10.4 Å². The SMILES string of the molecule is O=C(COC(=O)c1c(Cl)cccc1Cl)Nc1c(F)cccc1F. The van der Waals surface area contributed by atoms with Crippen LogP contribution in [0.3, 0.4) is 0 Å². The predicted octanol–water partition coefficient (Wildman–Crippen LogP) is 4.07. The summed E-state index contributed by atoms with van der Waals surface area (Å²) in [6, 6.07) is 7.51. The molecular formula is C15H9Cl2F2NO3. The molecule has 0 fully saturated rings. The van der Waals surface area contributed by atoms with Gasteiger partial charge in [0.05, 0.1) is 15.6 Å². The van der Waals surface area contributed by atoms with Gasteiger partial charge in [-0.1, -0.05) is 35.3 Å². The van der Waals surface area contributed by atoms with Crippen LogP contribution in [0.5, 0.6) is 0 Å². The Hall–Kier alpha value is -2.18. The molecule has 0 aliphatic rings. The second kappa shape index (κ2) is 7.39. The summed E-state index contributed by atoms with van der Waals surface area (Å²) >= 11 is 11.7. The number of esters is 1. The lowest BCUT2D eigenvalue weighted by Gasteiger charge is -2.09. The first-order valence-corrected chi connectivity index (χ1v) is 7.00. The molecule has 2 aromatic rings. The second-order valence-electron chi connectivity index (χ2n) is 4.32. The van der Waals surface area contributed by atoms with Crippen LogP contribution in [0.25, 0.3) is 0 Å². The van der Waals surface area contributed by atoms with E-state index in [2.05, 4.69) is 0 Å². The summed E-state index contributed by atoms with van der Waals surface area (Å²) in [4.78, 5) is 23.5. The number of rotatable bonds is 4. The van der Waals surface area contributed by atoms with Gasteiger partial charge >= 0.3 is 5.97 Å². The van der Waals surface area contributed by atoms with E-state index < -0.39 is 35.8 Å². The van der Waals surface area contributed by atoms with Crippen molar-refractivity contribution >= 4 is 40.8 Å². The molecule has 0 aliphatic carbocycles. The maximum absolute atomic E-state index is 13.4. The van der Waals surface area contributed by atoms with Crippen LogP contribution < -0.4 is 5.32 Å². The Bertz CT molecular complexity index is 728. The Labute approximate surface area is 140 Å². The monoisotopic (exact) mass is 359 g/mol. The van der Waals surface area contributed by atoms with Gasteiger partial charge in [-0.15, -0.1) is 0 Å². The molecule has 0 unspecified atom stereocenters. The number of benzene rings is 2. The van der Waals surface area contributed by atoms with Crippen LogP contribution in [0.2, 0.25) is 10.0 Å². The second-order valence-corrected chi connectivity index (χ2v) is 5.13. The summed E-state index contributed by atoms with van der Waals surface area (Å²) < 4.78 is 31.5. The van der Waals surface area contributed by atoms with Crippen molar-refractivity contribution in [3.05, 3.63) is 63.6 Å². The van der Waals surface area contributed by atoms with E-state index in [1.807, 2.05) is 5.32 Å². The first kappa shape index (κ1) is 17.2. The molecular weight excluding hydrogens is 351 g/mol. The van der Waals surface area contributed by atoms with Gasteiger partial charge in [-0.3, -0.25) is 4.79 Å². The number of halogens is 4. The Morgan fingerprint density at radius 2 is 1.52 bits per heavy atom. The lowest BCUT2D eigenvalue weighted by Crippen LogP contribution is -2.22. The lowest BCUT2D eigenvalue weighted by atomic mass is 10.2. The first-order valence-electron chi connectivity index (χ1n) is 6.25. The fraction of sp³-hybridized carbons (Fsp3) is 0.0667. The highest BCUT2D eigenvalue weighted by Gasteiger charge is 2.18. The van der Waals surface area contributed by atoms with E-state index >= 15 is 0 Å². The Morgan fingerprint density at radius 1 is 1.00 bits per heavy atom. The fourth-order valence-corrected chi connectivity index (χ4v) is 2.24. The standard InChI is InChI=1S/C15H9Cl2F2NO3/c16-8-3-1-4-9(17)13(8)15(22)23-7-12(21)20-14-10(18)5-2-6-11(14)19/h1-6H,7H2,(H,20,21). The molecule has 1 N–H and O–H groups in total. The summed E-state index contributed by atoms with van der Waals surface area (Å²) in [6.45, 7) is -0.756. The zero-order valence-electron chi connectivity index (χ0n) is 11.4. The minimum atomic E-state index is -0.946. The minimum Gasteiger partial charge on any atom is -0.452 e. The van der Waals surface area contributed by atoms with Crippen molar-refractivity contribution in [3.8, 4) is 0 Å². The normalized spacial score (nSPS) is 10.3. The van der Waals surface area contributed by atoms with Gasteiger partial charge < -0.3 is 10.1 Å². The Kier molecular flexibility index (Phi) is 5.52.